The van der Waals surface area contributed by atoms with Gasteiger partial charge in [-0.15, -0.1) is 0 Å². The van der Waals surface area contributed by atoms with Gasteiger partial charge in [-0.2, -0.15) is 0 Å². The van der Waals surface area contributed by atoms with Gasteiger partial charge in [-0.1, -0.05) is 0 Å². The molecule has 7 nitrogen and oxygen atoms in total. The monoisotopic (exact) mass is 332 g/mol. The lowest BCUT2D eigenvalue weighted by molar-refractivity contribution is -0.153. The number of primary amides is 1. The van der Waals surface area contributed by atoms with Crippen molar-refractivity contribution < 1.29 is 27.1 Å². The fourth-order valence-electron chi connectivity index (χ4n) is 1.45. The number of esters is 1. The lowest BCUT2D eigenvalue weighted by Gasteiger charge is -2.10. The molecule has 1 aromatic carbocycles. The molecule has 0 heterocycles. The first kappa shape index (κ1) is 18.1. The van der Waals surface area contributed by atoms with E-state index in [4.69, 9.17) is 10.5 Å². The molecule has 1 rings (SSSR count). The van der Waals surface area contributed by atoms with E-state index in [9.17, 15) is 22.4 Å². The van der Waals surface area contributed by atoms with Gasteiger partial charge in [0.25, 0.3) is 5.91 Å². The van der Waals surface area contributed by atoms with Gasteiger partial charge in [-0.3, -0.25) is 9.59 Å². The Morgan fingerprint density at radius 2 is 1.91 bits per heavy atom. The summed E-state index contributed by atoms with van der Waals surface area (Å²) in [5.74, 6) is -1.94. The van der Waals surface area contributed by atoms with Crippen molar-refractivity contribution in [3.63, 3.8) is 0 Å². The zero-order valence-corrected chi connectivity index (χ0v) is 12.7. The normalized spacial score (nSPS) is 12.6. The summed E-state index contributed by atoms with van der Waals surface area (Å²) in [6.07, 6.45) is -0.905. The number of nitrogens with one attached hydrogen (secondary N) is 1. The molecule has 22 heavy (non-hydrogen) atoms. The van der Waals surface area contributed by atoms with E-state index in [1.54, 1.807) is 0 Å². The maximum Gasteiger partial charge on any atom is 0.306 e. The molecule has 0 aliphatic rings. The summed E-state index contributed by atoms with van der Waals surface area (Å²) in [5.41, 5.74) is 4.94. The predicted octanol–water partition coefficient (Wildman–Crippen LogP) is 0.301. The molecule has 0 saturated heterocycles. The minimum absolute atomic E-state index is 0.000236. The van der Waals surface area contributed by atoms with Crippen molar-refractivity contribution >= 4 is 21.9 Å². The molecule has 0 spiro atoms. The summed E-state index contributed by atoms with van der Waals surface area (Å²) in [6.45, 7) is 1.34. The lowest BCUT2D eigenvalue weighted by Crippen LogP contribution is -2.31. The highest BCUT2D eigenvalue weighted by molar-refractivity contribution is 7.89. The van der Waals surface area contributed by atoms with Crippen molar-refractivity contribution in [2.75, 3.05) is 6.54 Å². The van der Waals surface area contributed by atoms with Crippen molar-refractivity contribution in [2.45, 2.75) is 30.8 Å². The van der Waals surface area contributed by atoms with E-state index in [1.165, 1.54) is 6.92 Å². The first-order valence-electron chi connectivity index (χ1n) is 6.46. The third kappa shape index (κ3) is 5.78. The Bertz CT molecular complexity index is 630. The summed E-state index contributed by atoms with van der Waals surface area (Å²) in [4.78, 5) is 22.0. The number of sulfonamides is 1. The van der Waals surface area contributed by atoms with Crippen LogP contribution in [-0.4, -0.2) is 32.9 Å². The number of hydrogen-bond donors (Lipinski definition) is 2. The largest absolute Gasteiger partial charge is 0.453 e. The number of rotatable bonds is 8. The summed E-state index contributed by atoms with van der Waals surface area (Å²) >= 11 is 0. The topological polar surface area (TPSA) is 116 Å². The van der Waals surface area contributed by atoms with Crippen LogP contribution < -0.4 is 10.5 Å². The standard InChI is InChI=1S/C13H17FN2O5S/c1-9(13(15)18)21-12(17)3-2-8-16-22(19,20)11-6-4-10(14)5-7-11/h4-7,9,16H,2-3,8H2,1H3,(H2,15,18)/t9-/m0/s1. The molecule has 0 aliphatic carbocycles. The van der Waals surface area contributed by atoms with Crippen LogP contribution in [0.25, 0.3) is 0 Å². The SMILES string of the molecule is C[C@H](OC(=O)CCCNS(=O)(=O)c1ccc(F)cc1)C(N)=O. The molecular formula is C13H17FN2O5S. The molecule has 122 valence electrons. The number of halogens is 1. The molecule has 3 N–H and O–H groups in total. The Hall–Kier alpha value is -2.00. The van der Waals surface area contributed by atoms with E-state index in [0.717, 1.165) is 24.3 Å². The number of ether oxygens (including phenoxy) is 1. The van der Waals surface area contributed by atoms with Crippen LogP contribution in [0.2, 0.25) is 0 Å². The second kappa shape index (κ2) is 7.85. The summed E-state index contributed by atoms with van der Waals surface area (Å²) in [7, 11) is -3.75. The van der Waals surface area contributed by atoms with Gasteiger partial charge in [0.1, 0.15) is 5.82 Å². The van der Waals surface area contributed by atoms with Crippen molar-refractivity contribution in [1.82, 2.24) is 4.72 Å². The number of carbonyl (C=O) groups is 2. The van der Waals surface area contributed by atoms with E-state index in [-0.39, 0.29) is 24.3 Å². The highest BCUT2D eigenvalue weighted by Crippen LogP contribution is 2.09. The van der Waals surface area contributed by atoms with Gasteiger partial charge in [0.15, 0.2) is 6.10 Å². The van der Waals surface area contributed by atoms with E-state index in [2.05, 4.69) is 4.72 Å². The number of amides is 1. The van der Waals surface area contributed by atoms with Gasteiger partial charge in [0.2, 0.25) is 10.0 Å². The summed E-state index contributed by atoms with van der Waals surface area (Å²) in [5, 5.41) is 0. The Labute approximate surface area is 127 Å². The first-order valence-corrected chi connectivity index (χ1v) is 7.94. The van der Waals surface area contributed by atoms with Crippen LogP contribution in [0.4, 0.5) is 4.39 Å². The summed E-state index contributed by atoms with van der Waals surface area (Å²) < 4.78 is 43.4. The van der Waals surface area contributed by atoms with Crippen LogP contribution in [0, 0.1) is 5.82 Å². The summed E-state index contributed by atoms with van der Waals surface area (Å²) in [6, 6.07) is 4.36. The first-order chi connectivity index (χ1) is 10.2. The maximum atomic E-state index is 12.7. The molecule has 9 heteroatoms. The van der Waals surface area contributed by atoms with Gasteiger partial charge in [-0.05, 0) is 37.6 Å². The maximum absolute atomic E-state index is 12.7. The fourth-order valence-corrected chi connectivity index (χ4v) is 2.52. The predicted molar refractivity (Wildman–Crippen MR) is 75.6 cm³/mol. The average Bonchev–Trinajstić information content (AvgIpc) is 2.44. The second-order valence-corrected chi connectivity index (χ2v) is 6.26. The minimum Gasteiger partial charge on any atom is -0.453 e. The molecule has 0 fully saturated rings. The number of carbonyl (C=O) groups excluding carboxylic acids is 2. The molecule has 0 bridgehead atoms. The highest BCUT2D eigenvalue weighted by atomic mass is 32.2. The molecule has 0 unspecified atom stereocenters. The Balaban J connectivity index is 2.39. The molecular weight excluding hydrogens is 315 g/mol. The lowest BCUT2D eigenvalue weighted by atomic mass is 10.3. The van der Waals surface area contributed by atoms with Crippen molar-refractivity contribution in [2.24, 2.45) is 5.73 Å². The Morgan fingerprint density at radius 1 is 1.32 bits per heavy atom. The van der Waals surface area contributed by atoms with E-state index >= 15 is 0 Å². The van der Waals surface area contributed by atoms with E-state index < -0.39 is 33.8 Å². The van der Waals surface area contributed by atoms with Gasteiger partial charge >= 0.3 is 5.97 Å². The van der Waals surface area contributed by atoms with Crippen molar-refractivity contribution in [1.29, 1.82) is 0 Å². The smallest absolute Gasteiger partial charge is 0.306 e. The molecule has 0 saturated carbocycles. The van der Waals surface area contributed by atoms with Crippen molar-refractivity contribution in [3.8, 4) is 0 Å². The van der Waals surface area contributed by atoms with Crippen LogP contribution in [0.15, 0.2) is 29.2 Å². The molecule has 0 aromatic heterocycles. The van der Waals surface area contributed by atoms with E-state index in [0.29, 0.717) is 0 Å². The van der Waals surface area contributed by atoms with Crippen LogP contribution >= 0.6 is 0 Å². The van der Waals surface area contributed by atoms with Crippen molar-refractivity contribution in [3.05, 3.63) is 30.1 Å². The third-order valence-electron chi connectivity index (χ3n) is 2.68. The molecule has 1 aromatic rings. The quantitative estimate of drug-likeness (QED) is 0.525. The van der Waals surface area contributed by atoms with E-state index in [1.807, 2.05) is 0 Å². The second-order valence-electron chi connectivity index (χ2n) is 4.49. The molecule has 0 aliphatic heterocycles. The van der Waals surface area contributed by atoms with Gasteiger partial charge in [0.05, 0.1) is 4.90 Å². The fraction of sp³-hybridized carbons (Fsp3) is 0.385. The molecule has 0 radical (unpaired) electrons. The van der Waals surface area contributed by atoms with Gasteiger partial charge < -0.3 is 10.5 Å². The zero-order chi connectivity index (χ0) is 16.8. The zero-order valence-electron chi connectivity index (χ0n) is 11.9. The average molecular weight is 332 g/mol. The van der Waals surface area contributed by atoms with Crippen LogP contribution in [0.1, 0.15) is 19.8 Å². The van der Waals surface area contributed by atoms with Crippen LogP contribution in [-0.2, 0) is 24.3 Å². The van der Waals surface area contributed by atoms with Gasteiger partial charge in [-0.25, -0.2) is 17.5 Å². The number of hydrogen-bond acceptors (Lipinski definition) is 5. The van der Waals surface area contributed by atoms with Crippen LogP contribution in [0.3, 0.4) is 0 Å². The molecule has 1 atom stereocenters. The number of nitrogens with two attached hydrogens (primary N) is 1. The Kier molecular flexibility index (Phi) is 6.44. The highest BCUT2D eigenvalue weighted by Gasteiger charge is 2.16. The van der Waals surface area contributed by atoms with Crippen LogP contribution in [0.5, 0.6) is 0 Å². The number of benzene rings is 1. The Morgan fingerprint density at radius 3 is 2.45 bits per heavy atom. The van der Waals surface area contributed by atoms with Gasteiger partial charge in [0, 0.05) is 13.0 Å². The molecule has 1 amide bonds. The third-order valence-corrected chi connectivity index (χ3v) is 4.16. The minimum atomic E-state index is -3.75.